The third-order valence-electron chi connectivity index (χ3n) is 2.58. The summed E-state index contributed by atoms with van der Waals surface area (Å²) < 4.78 is 0. The molecule has 1 aromatic rings. The molecule has 0 radical (unpaired) electrons. The van der Waals surface area contributed by atoms with Crippen molar-refractivity contribution in [2.75, 3.05) is 0 Å². The molecule has 1 atom stereocenters. The van der Waals surface area contributed by atoms with Crippen molar-refractivity contribution in [1.82, 2.24) is 10.6 Å². The Morgan fingerprint density at radius 3 is 2.93 bits per heavy atom. The molecule has 76 valence electrons. The molecule has 0 aliphatic carbocycles. The zero-order chi connectivity index (χ0) is 10.7. The van der Waals surface area contributed by atoms with Gasteiger partial charge in [-0.05, 0) is 17.5 Å². The van der Waals surface area contributed by atoms with Crippen molar-refractivity contribution < 1.29 is 4.79 Å². The van der Waals surface area contributed by atoms with E-state index >= 15 is 0 Å². The molecule has 0 bridgehead atoms. The monoisotopic (exact) mass is 201 g/mol. The third-order valence-corrected chi connectivity index (χ3v) is 2.58. The maximum Gasteiger partial charge on any atom is 0.250 e. The molecule has 15 heavy (non-hydrogen) atoms. The van der Waals surface area contributed by atoms with Gasteiger partial charge in [-0.1, -0.05) is 24.3 Å². The van der Waals surface area contributed by atoms with Crippen LogP contribution in [0.25, 0.3) is 0 Å². The number of hydrogen-bond acceptors (Lipinski definition) is 3. The molecular formula is C11H11N3O. The number of carbonyl (C=O) groups excluding carboxylic acids is 1. The predicted octanol–water partition coefficient (Wildman–Crippen LogP) is 0.298. The summed E-state index contributed by atoms with van der Waals surface area (Å²) in [6.45, 7) is 0.680. The van der Waals surface area contributed by atoms with Crippen LogP contribution in [0.4, 0.5) is 0 Å². The normalized spacial score (nSPS) is 18.7. The van der Waals surface area contributed by atoms with E-state index in [0.717, 1.165) is 0 Å². The maximum atomic E-state index is 11.4. The van der Waals surface area contributed by atoms with E-state index in [1.807, 2.05) is 24.3 Å². The van der Waals surface area contributed by atoms with E-state index in [4.69, 9.17) is 5.26 Å². The summed E-state index contributed by atoms with van der Waals surface area (Å²) in [7, 11) is 0. The zero-order valence-corrected chi connectivity index (χ0v) is 8.16. The topological polar surface area (TPSA) is 64.9 Å². The van der Waals surface area contributed by atoms with E-state index in [-0.39, 0.29) is 11.9 Å². The van der Waals surface area contributed by atoms with Crippen molar-refractivity contribution in [2.45, 2.75) is 19.0 Å². The number of amides is 1. The van der Waals surface area contributed by atoms with E-state index < -0.39 is 0 Å². The van der Waals surface area contributed by atoms with Crippen molar-refractivity contribution in [3.8, 4) is 6.19 Å². The van der Waals surface area contributed by atoms with Crippen molar-refractivity contribution in [3.63, 3.8) is 0 Å². The molecular weight excluding hydrogens is 190 g/mol. The summed E-state index contributed by atoms with van der Waals surface area (Å²) in [5.74, 6) is -0.257. The van der Waals surface area contributed by atoms with Crippen LogP contribution < -0.4 is 10.6 Å². The summed E-state index contributed by atoms with van der Waals surface area (Å²) >= 11 is 0. The van der Waals surface area contributed by atoms with E-state index in [9.17, 15) is 4.79 Å². The fourth-order valence-corrected chi connectivity index (χ4v) is 1.78. The quantitative estimate of drug-likeness (QED) is 0.507. The second-order valence-corrected chi connectivity index (χ2v) is 3.51. The maximum absolute atomic E-state index is 11.4. The average Bonchev–Trinajstić information content (AvgIpc) is 2.29. The highest BCUT2D eigenvalue weighted by Crippen LogP contribution is 2.15. The third kappa shape index (κ3) is 1.97. The molecule has 1 aliphatic rings. The molecule has 2 N–H and O–H groups in total. The van der Waals surface area contributed by atoms with Crippen LogP contribution in [0.3, 0.4) is 0 Å². The van der Waals surface area contributed by atoms with Crippen LogP contribution in [0, 0.1) is 11.5 Å². The molecule has 1 aromatic carbocycles. The van der Waals surface area contributed by atoms with Gasteiger partial charge in [0, 0.05) is 6.54 Å². The van der Waals surface area contributed by atoms with Gasteiger partial charge in [0.05, 0.1) is 6.04 Å². The van der Waals surface area contributed by atoms with Gasteiger partial charge in [-0.25, -0.2) is 0 Å². The first kappa shape index (κ1) is 9.69. The van der Waals surface area contributed by atoms with Gasteiger partial charge >= 0.3 is 0 Å². The fraction of sp³-hybridized carbons (Fsp3) is 0.273. The van der Waals surface area contributed by atoms with Crippen molar-refractivity contribution >= 4 is 5.91 Å². The molecule has 1 heterocycles. The van der Waals surface area contributed by atoms with Gasteiger partial charge in [-0.15, -0.1) is 0 Å². The average molecular weight is 201 g/mol. The first-order valence-corrected chi connectivity index (χ1v) is 4.80. The van der Waals surface area contributed by atoms with Crippen molar-refractivity contribution in [3.05, 3.63) is 35.4 Å². The number of nitriles is 1. The number of nitrogens with zero attached hydrogens (tertiary/aromatic N) is 1. The Balaban J connectivity index is 2.12. The lowest BCUT2D eigenvalue weighted by Crippen LogP contribution is -2.46. The van der Waals surface area contributed by atoms with Gasteiger partial charge in [0.25, 0.3) is 0 Å². The highest BCUT2D eigenvalue weighted by atomic mass is 16.2. The predicted molar refractivity (Wildman–Crippen MR) is 54.5 cm³/mol. The van der Waals surface area contributed by atoms with Crippen LogP contribution in [-0.2, 0) is 17.8 Å². The molecule has 0 fully saturated rings. The second-order valence-electron chi connectivity index (χ2n) is 3.51. The van der Waals surface area contributed by atoms with Gasteiger partial charge in [0.1, 0.15) is 0 Å². The lowest BCUT2D eigenvalue weighted by molar-refractivity contribution is -0.122. The van der Waals surface area contributed by atoms with Crippen LogP contribution >= 0.6 is 0 Å². The fourth-order valence-electron chi connectivity index (χ4n) is 1.78. The Labute approximate surface area is 87.9 Å². The van der Waals surface area contributed by atoms with Crippen LogP contribution in [0.15, 0.2) is 24.3 Å². The summed E-state index contributed by atoms with van der Waals surface area (Å²) in [5, 5.41) is 13.6. The zero-order valence-electron chi connectivity index (χ0n) is 8.16. The first-order valence-electron chi connectivity index (χ1n) is 4.80. The minimum absolute atomic E-state index is 0.257. The molecule has 1 amide bonds. The molecule has 1 aliphatic heterocycles. The van der Waals surface area contributed by atoms with Gasteiger partial charge in [0.2, 0.25) is 5.91 Å². The van der Waals surface area contributed by atoms with Crippen molar-refractivity contribution in [1.29, 1.82) is 5.26 Å². The smallest absolute Gasteiger partial charge is 0.250 e. The lowest BCUT2D eigenvalue weighted by Gasteiger charge is -2.24. The number of nitrogens with one attached hydrogen (secondary N) is 2. The van der Waals surface area contributed by atoms with Gasteiger partial charge in [-0.3, -0.25) is 10.1 Å². The summed E-state index contributed by atoms with van der Waals surface area (Å²) in [6.07, 6.45) is 2.29. The summed E-state index contributed by atoms with van der Waals surface area (Å²) in [4.78, 5) is 11.4. The Morgan fingerprint density at radius 1 is 1.47 bits per heavy atom. The Kier molecular flexibility index (Phi) is 2.66. The van der Waals surface area contributed by atoms with Crippen LogP contribution in [0.5, 0.6) is 0 Å². The molecule has 0 saturated heterocycles. The molecule has 0 aromatic heterocycles. The number of fused-ring (bicyclic) bond motifs is 1. The highest BCUT2D eigenvalue weighted by Gasteiger charge is 2.23. The number of rotatable bonds is 1. The van der Waals surface area contributed by atoms with E-state index in [2.05, 4.69) is 10.6 Å². The number of carbonyl (C=O) groups is 1. The number of benzene rings is 1. The van der Waals surface area contributed by atoms with E-state index in [0.29, 0.717) is 13.0 Å². The Bertz CT molecular complexity index is 422. The van der Waals surface area contributed by atoms with Gasteiger partial charge in [0.15, 0.2) is 6.19 Å². The minimum atomic E-state index is -0.292. The van der Waals surface area contributed by atoms with Crippen LogP contribution in [-0.4, -0.2) is 11.9 Å². The number of hydrogen-bond donors (Lipinski definition) is 2. The lowest BCUT2D eigenvalue weighted by atomic mass is 9.95. The SMILES string of the molecule is N#CNC(=O)[C@@H]1Cc2ccccc2CN1. The van der Waals surface area contributed by atoms with Crippen LogP contribution in [0.1, 0.15) is 11.1 Å². The first-order chi connectivity index (χ1) is 7.31. The Morgan fingerprint density at radius 2 is 2.20 bits per heavy atom. The molecule has 0 spiro atoms. The molecule has 4 nitrogen and oxygen atoms in total. The van der Waals surface area contributed by atoms with Crippen LogP contribution in [0.2, 0.25) is 0 Å². The second kappa shape index (κ2) is 4.11. The molecule has 4 heteroatoms. The largest absolute Gasteiger partial charge is 0.301 e. The van der Waals surface area contributed by atoms with E-state index in [1.165, 1.54) is 11.1 Å². The van der Waals surface area contributed by atoms with E-state index in [1.54, 1.807) is 6.19 Å². The highest BCUT2D eigenvalue weighted by molar-refractivity contribution is 5.83. The minimum Gasteiger partial charge on any atom is -0.301 e. The molecule has 2 rings (SSSR count). The standard InChI is InChI=1S/C11H11N3O/c12-7-14-11(15)10-5-8-3-1-2-4-9(8)6-13-10/h1-4,10,13H,5-6H2,(H,14,15)/t10-/m0/s1. The Hall–Kier alpha value is -1.86. The summed E-state index contributed by atoms with van der Waals surface area (Å²) in [5.41, 5.74) is 2.40. The summed E-state index contributed by atoms with van der Waals surface area (Å²) in [6, 6.07) is 7.71. The van der Waals surface area contributed by atoms with Crippen molar-refractivity contribution in [2.24, 2.45) is 0 Å². The molecule has 0 unspecified atom stereocenters. The molecule has 0 saturated carbocycles. The van der Waals surface area contributed by atoms with Gasteiger partial charge < -0.3 is 5.32 Å². The van der Waals surface area contributed by atoms with Gasteiger partial charge in [-0.2, -0.15) is 5.26 Å².